The summed E-state index contributed by atoms with van der Waals surface area (Å²) in [6.45, 7) is 12.9. The summed E-state index contributed by atoms with van der Waals surface area (Å²) >= 11 is 5.88. The average Bonchev–Trinajstić information content (AvgIpc) is 2.46. The molecule has 21 heavy (non-hydrogen) atoms. The van der Waals surface area contributed by atoms with Gasteiger partial charge in [-0.05, 0) is 31.1 Å². The number of likely N-dealkylation sites (N-methyl/N-ethyl adjacent to an activating group) is 1. The second kappa shape index (κ2) is 9.00. The third-order valence-corrected chi connectivity index (χ3v) is 3.63. The Balaban J connectivity index is 2.78. The fourth-order valence-electron chi connectivity index (χ4n) is 2.24. The van der Waals surface area contributed by atoms with Crippen LogP contribution in [0.1, 0.15) is 38.1 Å². The number of hydrogen-bond acceptors (Lipinski definition) is 3. The second-order valence-electron chi connectivity index (χ2n) is 5.54. The van der Waals surface area contributed by atoms with E-state index in [0.29, 0.717) is 16.6 Å². The van der Waals surface area contributed by atoms with Crippen LogP contribution in [0.2, 0.25) is 5.15 Å². The smallest absolute Gasteiger partial charge is 0.254 e. The lowest BCUT2D eigenvalue weighted by Gasteiger charge is -2.28. The monoisotopic (exact) mass is 311 g/mol. The van der Waals surface area contributed by atoms with Crippen LogP contribution < -0.4 is 0 Å². The molecule has 5 heteroatoms. The van der Waals surface area contributed by atoms with Crippen molar-refractivity contribution in [3.63, 3.8) is 0 Å². The van der Waals surface area contributed by atoms with Crippen molar-refractivity contribution < 1.29 is 4.79 Å². The maximum atomic E-state index is 12.6. The van der Waals surface area contributed by atoms with Gasteiger partial charge in [0, 0.05) is 31.4 Å². The van der Waals surface area contributed by atoms with E-state index in [1.165, 1.54) is 0 Å². The van der Waals surface area contributed by atoms with E-state index in [1.54, 1.807) is 18.3 Å². The Morgan fingerprint density at radius 1 is 1.29 bits per heavy atom. The number of halogens is 1. The minimum absolute atomic E-state index is 0.0279. The van der Waals surface area contributed by atoms with Crippen LogP contribution in [-0.4, -0.2) is 53.4 Å². The van der Waals surface area contributed by atoms with Gasteiger partial charge in [-0.1, -0.05) is 39.3 Å². The van der Waals surface area contributed by atoms with Crippen LogP contribution in [0.5, 0.6) is 0 Å². The molecule has 0 spiro atoms. The maximum absolute atomic E-state index is 12.6. The van der Waals surface area contributed by atoms with Crippen LogP contribution in [0.4, 0.5) is 0 Å². The van der Waals surface area contributed by atoms with E-state index in [2.05, 4.69) is 37.6 Å². The molecule has 0 atom stereocenters. The molecule has 0 unspecified atom stereocenters. The van der Waals surface area contributed by atoms with Crippen molar-refractivity contribution in [1.29, 1.82) is 0 Å². The van der Waals surface area contributed by atoms with Gasteiger partial charge in [-0.15, -0.1) is 0 Å². The molecule has 0 bridgehead atoms. The van der Waals surface area contributed by atoms with Gasteiger partial charge in [-0.3, -0.25) is 4.79 Å². The molecule has 1 rings (SSSR count). The standard InChI is InChI=1S/C16H26ClN3O/c1-5-19(6-2)9-10-20(12-13(3)4)16(21)14-7-8-18-15(17)11-14/h7-8,11,13H,5-6,9-10,12H2,1-4H3. The van der Waals surface area contributed by atoms with E-state index in [1.807, 2.05) is 4.90 Å². The summed E-state index contributed by atoms with van der Waals surface area (Å²) in [6.07, 6.45) is 1.58. The molecule has 1 aromatic rings. The SMILES string of the molecule is CCN(CC)CCN(CC(C)C)C(=O)c1ccnc(Cl)c1. The fraction of sp³-hybridized carbons (Fsp3) is 0.625. The van der Waals surface area contributed by atoms with Crippen molar-refractivity contribution in [2.45, 2.75) is 27.7 Å². The molecule has 0 saturated carbocycles. The first-order valence-corrected chi connectivity index (χ1v) is 7.98. The summed E-state index contributed by atoms with van der Waals surface area (Å²) in [4.78, 5) is 20.8. The molecule has 1 amide bonds. The molecule has 1 aromatic heterocycles. The van der Waals surface area contributed by atoms with Gasteiger partial charge in [0.15, 0.2) is 0 Å². The van der Waals surface area contributed by atoms with Gasteiger partial charge in [0.05, 0.1) is 0 Å². The highest BCUT2D eigenvalue weighted by Gasteiger charge is 2.18. The highest BCUT2D eigenvalue weighted by molar-refractivity contribution is 6.29. The zero-order chi connectivity index (χ0) is 15.8. The Bertz CT molecular complexity index is 447. The van der Waals surface area contributed by atoms with Gasteiger partial charge < -0.3 is 9.80 Å². The van der Waals surface area contributed by atoms with Crippen molar-refractivity contribution in [3.05, 3.63) is 29.0 Å². The molecule has 0 aliphatic rings. The third kappa shape index (κ3) is 6.02. The van der Waals surface area contributed by atoms with Gasteiger partial charge in [0.2, 0.25) is 0 Å². The number of carbonyl (C=O) groups excluding carboxylic acids is 1. The maximum Gasteiger partial charge on any atom is 0.254 e. The van der Waals surface area contributed by atoms with Crippen molar-refractivity contribution in [2.75, 3.05) is 32.7 Å². The molecule has 0 radical (unpaired) electrons. The quantitative estimate of drug-likeness (QED) is 0.692. The van der Waals surface area contributed by atoms with E-state index in [9.17, 15) is 4.79 Å². The van der Waals surface area contributed by atoms with E-state index in [-0.39, 0.29) is 5.91 Å². The fourth-order valence-corrected chi connectivity index (χ4v) is 2.41. The van der Waals surface area contributed by atoms with Crippen molar-refractivity contribution >= 4 is 17.5 Å². The number of pyridine rings is 1. The van der Waals surface area contributed by atoms with Crippen molar-refractivity contribution in [1.82, 2.24) is 14.8 Å². The lowest BCUT2D eigenvalue weighted by atomic mass is 10.1. The predicted octanol–water partition coefficient (Wildman–Crippen LogP) is 3.18. The summed E-state index contributed by atoms with van der Waals surface area (Å²) in [5.41, 5.74) is 0.607. The lowest BCUT2D eigenvalue weighted by molar-refractivity contribution is 0.0716. The Morgan fingerprint density at radius 2 is 1.95 bits per heavy atom. The van der Waals surface area contributed by atoms with Crippen LogP contribution >= 0.6 is 11.6 Å². The van der Waals surface area contributed by atoms with E-state index >= 15 is 0 Å². The van der Waals surface area contributed by atoms with E-state index in [0.717, 1.165) is 32.7 Å². The van der Waals surface area contributed by atoms with E-state index in [4.69, 9.17) is 11.6 Å². The van der Waals surface area contributed by atoms with Crippen LogP contribution in [-0.2, 0) is 0 Å². The zero-order valence-corrected chi connectivity index (χ0v) is 14.2. The first-order valence-electron chi connectivity index (χ1n) is 7.61. The molecule has 0 N–H and O–H groups in total. The van der Waals surface area contributed by atoms with Crippen LogP contribution in [0, 0.1) is 5.92 Å². The molecule has 4 nitrogen and oxygen atoms in total. The summed E-state index contributed by atoms with van der Waals surface area (Å²) < 4.78 is 0. The molecule has 0 saturated heterocycles. The van der Waals surface area contributed by atoms with Crippen LogP contribution in [0.3, 0.4) is 0 Å². The Kier molecular flexibility index (Phi) is 7.68. The van der Waals surface area contributed by atoms with Crippen LogP contribution in [0.25, 0.3) is 0 Å². The Labute approximate surface area is 133 Å². The summed E-state index contributed by atoms with van der Waals surface area (Å²) in [7, 11) is 0. The topological polar surface area (TPSA) is 36.4 Å². The minimum Gasteiger partial charge on any atom is -0.337 e. The van der Waals surface area contributed by atoms with Gasteiger partial charge >= 0.3 is 0 Å². The van der Waals surface area contributed by atoms with Crippen LogP contribution in [0.15, 0.2) is 18.3 Å². The van der Waals surface area contributed by atoms with Gasteiger partial charge in [-0.25, -0.2) is 4.98 Å². The predicted molar refractivity (Wildman–Crippen MR) is 87.8 cm³/mol. The number of carbonyl (C=O) groups is 1. The summed E-state index contributed by atoms with van der Waals surface area (Å²) in [5.74, 6) is 0.461. The average molecular weight is 312 g/mol. The first kappa shape index (κ1) is 17.9. The number of hydrogen-bond donors (Lipinski definition) is 0. The molecule has 0 aliphatic heterocycles. The number of rotatable bonds is 8. The lowest BCUT2D eigenvalue weighted by Crippen LogP contribution is -2.40. The molecular formula is C16H26ClN3O. The second-order valence-corrected chi connectivity index (χ2v) is 5.93. The molecule has 1 heterocycles. The normalized spacial score (nSPS) is 11.2. The van der Waals surface area contributed by atoms with Crippen molar-refractivity contribution in [3.8, 4) is 0 Å². The van der Waals surface area contributed by atoms with Crippen molar-refractivity contribution in [2.24, 2.45) is 5.92 Å². The number of amides is 1. The molecular weight excluding hydrogens is 286 g/mol. The molecule has 0 fully saturated rings. The molecule has 118 valence electrons. The Hall–Kier alpha value is -1.13. The highest BCUT2D eigenvalue weighted by atomic mass is 35.5. The minimum atomic E-state index is 0.0279. The van der Waals surface area contributed by atoms with Gasteiger partial charge in [0.1, 0.15) is 5.15 Å². The van der Waals surface area contributed by atoms with E-state index < -0.39 is 0 Å². The zero-order valence-electron chi connectivity index (χ0n) is 13.5. The first-order chi connectivity index (χ1) is 9.97. The third-order valence-electron chi connectivity index (χ3n) is 3.43. The van der Waals surface area contributed by atoms with Gasteiger partial charge in [-0.2, -0.15) is 0 Å². The molecule has 0 aliphatic carbocycles. The summed E-state index contributed by atoms with van der Waals surface area (Å²) in [5, 5.41) is 0.356. The summed E-state index contributed by atoms with van der Waals surface area (Å²) in [6, 6.07) is 3.35. The number of aromatic nitrogens is 1. The number of nitrogens with zero attached hydrogens (tertiary/aromatic N) is 3. The Morgan fingerprint density at radius 3 is 2.48 bits per heavy atom. The largest absolute Gasteiger partial charge is 0.337 e. The molecule has 0 aromatic carbocycles. The van der Waals surface area contributed by atoms with Gasteiger partial charge in [0.25, 0.3) is 5.91 Å². The highest BCUT2D eigenvalue weighted by Crippen LogP contribution is 2.11.